The zero-order valence-electron chi connectivity index (χ0n) is 11.1. The number of rotatable bonds is 3. The van der Waals surface area contributed by atoms with E-state index in [1.165, 1.54) is 0 Å². The van der Waals surface area contributed by atoms with Crippen LogP contribution < -0.4 is 5.32 Å². The molecule has 1 unspecified atom stereocenters. The van der Waals surface area contributed by atoms with Crippen LogP contribution >= 0.6 is 0 Å². The van der Waals surface area contributed by atoms with Gasteiger partial charge in [-0.25, -0.2) is 4.79 Å². The van der Waals surface area contributed by atoms with Crippen LogP contribution in [0.3, 0.4) is 0 Å². The molecule has 0 spiro atoms. The summed E-state index contributed by atoms with van der Waals surface area (Å²) in [7, 11) is 0. The van der Waals surface area contributed by atoms with E-state index in [2.05, 4.69) is 5.32 Å². The van der Waals surface area contributed by atoms with Crippen LogP contribution in [0.2, 0.25) is 0 Å². The van der Waals surface area contributed by atoms with Gasteiger partial charge in [0.05, 0.1) is 6.61 Å². The van der Waals surface area contributed by atoms with Crippen molar-refractivity contribution in [1.82, 2.24) is 5.32 Å². The van der Waals surface area contributed by atoms with Gasteiger partial charge in [0.25, 0.3) is 5.91 Å². The van der Waals surface area contributed by atoms with Crippen molar-refractivity contribution in [2.75, 3.05) is 6.61 Å². The number of fused-ring (bicyclic) bond motifs is 1. The highest BCUT2D eigenvalue weighted by molar-refractivity contribution is 5.90. The number of carbonyl (C=O) groups excluding carboxylic acids is 1. The number of carboxylic acids is 1. The molecule has 1 saturated carbocycles. The Balaban J connectivity index is 1.80. The standard InChI is InChI=1S/C15H17NO4/c17-13(16-15(14(18)19)7-3-8-15)12-11-5-2-1-4-10(11)6-9-20-12/h1-2,4-5,12H,3,6-9H2,(H,16,17)(H,18,19). The third kappa shape index (κ3) is 2.08. The van der Waals surface area contributed by atoms with Crippen molar-refractivity contribution in [3.05, 3.63) is 35.4 Å². The first-order chi connectivity index (χ1) is 9.62. The molecule has 1 aromatic carbocycles. The molecule has 2 aliphatic rings. The van der Waals surface area contributed by atoms with Crippen LogP contribution in [0.4, 0.5) is 0 Å². The highest BCUT2D eigenvalue weighted by Gasteiger charge is 2.47. The van der Waals surface area contributed by atoms with Gasteiger partial charge in [0.15, 0.2) is 6.10 Å². The predicted molar refractivity (Wildman–Crippen MR) is 71.2 cm³/mol. The van der Waals surface area contributed by atoms with Crippen LogP contribution in [0.1, 0.15) is 36.5 Å². The van der Waals surface area contributed by atoms with Gasteiger partial charge >= 0.3 is 5.97 Å². The summed E-state index contributed by atoms with van der Waals surface area (Å²) in [6.45, 7) is 0.481. The number of amides is 1. The topological polar surface area (TPSA) is 75.6 Å². The number of nitrogens with one attached hydrogen (secondary N) is 1. The van der Waals surface area contributed by atoms with Gasteiger partial charge in [0.1, 0.15) is 5.54 Å². The average molecular weight is 275 g/mol. The van der Waals surface area contributed by atoms with Crippen molar-refractivity contribution >= 4 is 11.9 Å². The average Bonchev–Trinajstić information content (AvgIpc) is 2.41. The van der Waals surface area contributed by atoms with Crippen LogP contribution in [0, 0.1) is 0 Å². The van der Waals surface area contributed by atoms with E-state index < -0.39 is 17.6 Å². The lowest BCUT2D eigenvalue weighted by atomic mass is 9.76. The smallest absolute Gasteiger partial charge is 0.329 e. The monoisotopic (exact) mass is 275 g/mol. The van der Waals surface area contributed by atoms with E-state index in [0.717, 1.165) is 24.0 Å². The van der Waals surface area contributed by atoms with Crippen LogP contribution in [-0.2, 0) is 20.7 Å². The highest BCUT2D eigenvalue weighted by atomic mass is 16.5. The second-order valence-electron chi connectivity index (χ2n) is 5.43. The second kappa shape index (κ2) is 4.90. The molecule has 1 heterocycles. The molecular weight excluding hydrogens is 258 g/mol. The Morgan fingerprint density at radius 1 is 1.30 bits per heavy atom. The molecule has 0 radical (unpaired) electrons. The fourth-order valence-electron chi connectivity index (χ4n) is 2.84. The quantitative estimate of drug-likeness (QED) is 0.875. The summed E-state index contributed by atoms with van der Waals surface area (Å²) >= 11 is 0. The molecule has 5 nitrogen and oxygen atoms in total. The normalized spacial score (nSPS) is 23.3. The van der Waals surface area contributed by atoms with Gasteiger partial charge < -0.3 is 15.2 Å². The van der Waals surface area contributed by atoms with Gasteiger partial charge in [0.2, 0.25) is 0 Å². The number of benzene rings is 1. The highest BCUT2D eigenvalue weighted by Crippen LogP contribution is 2.34. The zero-order valence-corrected chi connectivity index (χ0v) is 11.1. The van der Waals surface area contributed by atoms with Crippen molar-refractivity contribution in [2.24, 2.45) is 0 Å². The maximum atomic E-state index is 12.4. The van der Waals surface area contributed by atoms with Crippen LogP contribution in [-0.4, -0.2) is 29.1 Å². The van der Waals surface area contributed by atoms with Crippen LogP contribution in [0.15, 0.2) is 24.3 Å². The lowest BCUT2D eigenvalue weighted by Crippen LogP contribution is -2.60. The number of carbonyl (C=O) groups is 2. The number of hydrogen-bond acceptors (Lipinski definition) is 3. The Labute approximate surface area is 116 Å². The molecule has 106 valence electrons. The molecule has 0 bridgehead atoms. The van der Waals surface area contributed by atoms with Crippen LogP contribution in [0.25, 0.3) is 0 Å². The van der Waals surface area contributed by atoms with Crippen molar-refractivity contribution in [3.63, 3.8) is 0 Å². The van der Waals surface area contributed by atoms with E-state index in [1.54, 1.807) is 0 Å². The molecule has 1 aliphatic heterocycles. The zero-order chi connectivity index (χ0) is 14.2. The van der Waals surface area contributed by atoms with Crippen molar-refractivity contribution in [1.29, 1.82) is 0 Å². The molecular formula is C15H17NO4. The van der Waals surface area contributed by atoms with Crippen molar-refractivity contribution in [3.8, 4) is 0 Å². The SMILES string of the molecule is O=C(NC1(C(=O)O)CCC1)C1OCCc2ccccc21. The van der Waals surface area contributed by atoms with E-state index in [0.29, 0.717) is 19.4 Å². The third-order valence-corrected chi connectivity index (χ3v) is 4.21. The van der Waals surface area contributed by atoms with Gasteiger partial charge in [-0.1, -0.05) is 24.3 Å². The fourth-order valence-corrected chi connectivity index (χ4v) is 2.84. The summed E-state index contributed by atoms with van der Waals surface area (Å²) in [5, 5.41) is 11.9. The summed E-state index contributed by atoms with van der Waals surface area (Å²) in [5.41, 5.74) is 0.848. The van der Waals surface area contributed by atoms with E-state index in [-0.39, 0.29) is 5.91 Å². The van der Waals surface area contributed by atoms with Crippen molar-refractivity contribution in [2.45, 2.75) is 37.3 Å². The minimum absolute atomic E-state index is 0.348. The summed E-state index contributed by atoms with van der Waals surface area (Å²) in [4.78, 5) is 23.7. The first-order valence-electron chi connectivity index (χ1n) is 6.87. The maximum absolute atomic E-state index is 12.4. The molecule has 20 heavy (non-hydrogen) atoms. The molecule has 0 aromatic heterocycles. The summed E-state index contributed by atoms with van der Waals surface area (Å²) in [5.74, 6) is -1.31. The molecule has 2 N–H and O–H groups in total. The largest absolute Gasteiger partial charge is 0.480 e. The minimum atomic E-state index is -1.09. The lowest BCUT2D eigenvalue weighted by molar-refractivity contribution is -0.154. The number of carboxylic acid groups (broad SMARTS) is 1. The summed E-state index contributed by atoms with van der Waals surface area (Å²) < 4.78 is 5.56. The molecule has 1 aliphatic carbocycles. The van der Waals surface area contributed by atoms with Crippen LogP contribution in [0.5, 0.6) is 0 Å². The Kier molecular flexibility index (Phi) is 3.22. The van der Waals surface area contributed by atoms with E-state index in [9.17, 15) is 14.7 Å². The van der Waals surface area contributed by atoms with Gasteiger partial charge in [-0.15, -0.1) is 0 Å². The Hall–Kier alpha value is -1.88. The molecule has 1 fully saturated rings. The van der Waals surface area contributed by atoms with E-state index in [4.69, 9.17) is 4.74 Å². The van der Waals surface area contributed by atoms with E-state index >= 15 is 0 Å². The van der Waals surface area contributed by atoms with E-state index in [1.807, 2.05) is 24.3 Å². The lowest BCUT2D eigenvalue weighted by Gasteiger charge is -2.39. The van der Waals surface area contributed by atoms with Crippen molar-refractivity contribution < 1.29 is 19.4 Å². The molecule has 5 heteroatoms. The van der Waals surface area contributed by atoms with Gasteiger partial charge in [-0.3, -0.25) is 4.79 Å². The summed E-state index contributed by atoms with van der Waals surface area (Å²) in [6.07, 6.45) is 1.89. The first-order valence-corrected chi connectivity index (χ1v) is 6.87. The number of hydrogen-bond donors (Lipinski definition) is 2. The first kappa shape index (κ1) is 13.1. The number of aliphatic carboxylic acids is 1. The molecule has 3 rings (SSSR count). The van der Waals surface area contributed by atoms with Gasteiger partial charge in [0, 0.05) is 0 Å². The molecule has 1 amide bonds. The predicted octanol–water partition coefficient (Wildman–Crippen LogP) is 1.42. The van der Waals surface area contributed by atoms with Gasteiger partial charge in [-0.05, 0) is 36.8 Å². The number of ether oxygens (including phenoxy) is 1. The minimum Gasteiger partial charge on any atom is -0.480 e. The molecule has 1 atom stereocenters. The fraction of sp³-hybridized carbons (Fsp3) is 0.467. The maximum Gasteiger partial charge on any atom is 0.329 e. The van der Waals surface area contributed by atoms with Gasteiger partial charge in [-0.2, -0.15) is 0 Å². The summed E-state index contributed by atoms with van der Waals surface area (Å²) in [6, 6.07) is 7.65. The Morgan fingerprint density at radius 2 is 2.05 bits per heavy atom. The molecule has 1 aromatic rings. The third-order valence-electron chi connectivity index (χ3n) is 4.21. The molecule has 0 saturated heterocycles. The Morgan fingerprint density at radius 3 is 2.70 bits per heavy atom. The Bertz CT molecular complexity index is 551. The second-order valence-corrected chi connectivity index (χ2v) is 5.43.